The monoisotopic (exact) mass is 206 g/mol. The highest BCUT2D eigenvalue weighted by molar-refractivity contribution is 5.40. The maximum Gasteiger partial charge on any atom is 0.122 e. The zero-order chi connectivity index (χ0) is 10.8. The van der Waals surface area contributed by atoms with E-state index in [1.165, 1.54) is 16.7 Å². The Morgan fingerprint density at radius 1 is 1.13 bits per heavy atom. The topological polar surface area (TPSA) is 18.5 Å². The summed E-state index contributed by atoms with van der Waals surface area (Å²) in [5.41, 5.74) is 3.84. The standard InChI is InChI=1S/C13H18O2/c1-9-4-11(3)13(5-10(9)2)15-8-12-6-14-7-12/h4-5,12H,6-8H2,1-3H3. The highest BCUT2D eigenvalue weighted by Crippen LogP contribution is 2.23. The number of rotatable bonds is 3. The van der Waals surface area contributed by atoms with Gasteiger partial charge < -0.3 is 9.47 Å². The van der Waals surface area contributed by atoms with Gasteiger partial charge in [0, 0.05) is 5.92 Å². The summed E-state index contributed by atoms with van der Waals surface area (Å²) in [5.74, 6) is 1.61. The molecule has 0 amide bonds. The van der Waals surface area contributed by atoms with Crippen LogP contribution in [-0.2, 0) is 4.74 Å². The number of aryl methyl sites for hydroxylation is 3. The van der Waals surface area contributed by atoms with Gasteiger partial charge in [0.1, 0.15) is 5.75 Å². The van der Waals surface area contributed by atoms with E-state index in [0.717, 1.165) is 25.6 Å². The van der Waals surface area contributed by atoms with Crippen LogP contribution in [0.2, 0.25) is 0 Å². The van der Waals surface area contributed by atoms with Crippen molar-refractivity contribution in [3.63, 3.8) is 0 Å². The second-order valence-electron chi connectivity index (χ2n) is 4.42. The van der Waals surface area contributed by atoms with Crippen molar-refractivity contribution in [3.05, 3.63) is 28.8 Å². The molecule has 0 aliphatic carbocycles. The molecule has 82 valence electrons. The SMILES string of the molecule is Cc1cc(C)c(OCC2COC2)cc1C. The average molecular weight is 206 g/mol. The number of hydrogen-bond donors (Lipinski definition) is 0. The van der Waals surface area contributed by atoms with E-state index in [0.29, 0.717) is 5.92 Å². The molecule has 1 aliphatic heterocycles. The third kappa shape index (κ3) is 2.32. The second-order valence-corrected chi connectivity index (χ2v) is 4.42. The summed E-state index contributed by atoms with van der Waals surface area (Å²) in [6.45, 7) is 8.83. The first-order valence-electron chi connectivity index (χ1n) is 5.45. The number of benzene rings is 1. The molecule has 0 unspecified atom stereocenters. The summed E-state index contributed by atoms with van der Waals surface area (Å²) in [7, 11) is 0. The van der Waals surface area contributed by atoms with Gasteiger partial charge in [0.05, 0.1) is 19.8 Å². The predicted molar refractivity (Wildman–Crippen MR) is 60.5 cm³/mol. The van der Waals surface area contributed by atoms with E-state index in [4.69, 9.17) is 9.47 Å². The Bertz CT molecular complexity index is 354. The van der Waals surface area contributed by atoms with Crippen molar-refractivity contribution in [2.45, 2.75) is 20.8 Å². The quantitative estimate of drug-likeness (QED) is 0.757. The van der Waals surface area contributed by atoms with Crippen LogP contribution < -0.4 is 4.74 Å². The zero-order valence-corrected chi connectivity index (χ0v) is 9.67. The Labute approximate surface area is 91.2 Å². The number of ether oxygens (including phenoxy) is 2. The zero-order valence-electron chi connectivity index (χ0n) is 9.67. The molecule has 2 nitrogen and oxygen atoms in total. The molecular weight excluding hydrogens is 188 g/mol. The van der Waals surface area contributed by atoms with Crippen LogP contribution >= 0.6 is 0 Å². The fourth-order valence-electron chi connectivity index (χ4n) is 1.68. The summed E-state index contributed by atoms with van der Waals surface area (Å²) >= 11 is 0. The van der Waals surface area contributed by atoms with Crippen LogP contribution in [0, 0.1) is 26.7 Å². The van der Waals surface area contributed by atoms with Crippen LogP contribution in [-0.4, -0.2) is 19.8 Å². The van der Waals surface area contributed by atoms with Crippen molar-refractivity contribution in [1.82, 2.24) is 0 Å². The molecule has 1 aliphatic rings. The third-order valence-electron chi connectivity index (χ3n) is 2.97. The van der Waals surface area contributed by atoms with E-state index in [9.17, 15) is 0 Å². The Kier molecular flexibility index (Phi) is 2.96. The van der Waals surface area contributed by atoms with Crippen LogP contribution in [0.25, 0.3) is 0 Å². The first-order chi connectivity index (χ1) is 7.16. The van der Waals surface area contributed by atoms with Crippen LogP contribution in [0.3, 0.4) is 0 Å². The maximum atomic E-state index is 5.80. The fraction of sp³-hybridized carbons (Fsp3) is 0.538. The number of hydrogen-bond acceptors (Lipinski definition) is 2. The van der Waals surface area contributed by atoms with Crippen LogP contribution in [0.15, 0.2) is 12.1 Å². The summed E-state index contributed by atoms with van der Waals surface area (Å²) in [4.78, 5) is 0. The van der Waals surface area contributed by atoms with Crippen LogP contribution in [0.5, 0.6) is 5.75 Å². The minimum Gasteiger partial charge on any atom is -0.493 e. The third-order valence-corrected chi connectivity index (χ3v) is 2.97. The largest absolute Gasteiger partial charge is 0.493 e. The van der Waals surface area contributed by atoms with Gasteiger partial charge >= 0.3 is 0 Å². The van der Waals surface area contributed by atoms with Crippen molar-refractivity contribution >= 4 is 0 Å². The molecule has 1 fully saturated rings. The lowest BCUT2D eigenvalue weighted by Gasteiger charge is -2.26. The molecule has 15 heavy (non-hydrogen) atoms. The van der Waals surface area contributed by atoms with Crippen molar-refractivity contribution in [1.29, 1.82) is 0 Å². The normalized spacial score (nSPS) is 16.2. The molecule has 0 atom stereocenters. The molecule has 0 saturated carbocycles. The minimum atomic E-state index is 0.589. The van der Waals surface area contributed by atoms with Gasteiger partial charge in [-0.2, -0.15) is 0 Å². The Morgan fingerprint density at radius 3 is 2.40 bits per heavy atom. The van der Waals surface area contributed by atoms with Crippen molar-refractivity contribution in [3.8, 4) is 5.75 Å². The molecule has 0 aromatic heterocycles. The van der Waals surface area contributed by atoms with Crippen molar-refractivity contribution in [2.24, 2.45) is 5.92 Å². The Morgan fingerprint density at radius 2 is 1.80 bits per heavy atom. The molecule has 2 rings (SSSR count). The van der Waals surface area contributed by atoms with E-state index in [-0.39, 0.29) is 0 Å². The van der Waals surface area contributed by atoms with Crippen LogP contribution in [0.4, 0.5) is 0 Å². The lowest BCUT2D eigenvalue weighted by molar-refractivity contribution is -0.0509. The van der Waals surface area contributed by atoms with Gasteiger partial charge in [-0.15, -0.1) is 0 Å². The molecule has 1 saturated heterocycles. The van der Waals surface area contributed by atoms with Gasteiger partial charge in [0.2, 0.25) is 0 Å². The van der Waals surface area contributed by atoms with Crippen LogP contribution in [0.1, 0.15) is 16.7 Å². The van der Waals surface area contributed by atoms with E-state index in [1.54, 1.807) is 0 Å². The van der Waals surface area contributed by atoms with Gasteiger partial charge in [0.15, 0.2) is 0 Å². The molecule has 1 heterocycles. The average Bonchev–Trinajstić information content (AvgIpc) is 2.11. The Hall–Kier alpha value is -1.02. The maximum absolute atomic E-state index is 5.80. The summed E-state index contributed by atoms with van der Waals surface area (Å²) < 4.78 is 10.9. The summed E-state index contributed by atoms with van der Waals surface area (Å²) in [6, 6.07) is 4.31. The molecule has 0 bridgehead atoms. The van der Waals surface area contributed by atoms with Gasteiger partial charge in [-0.3, -0.25) is 0 Å². The summed E-state index contributed by atoms with van der Waals surface area (Å²) in [6.07, 6.45) is 0. The molecule has 0 spiro atoms. The smallest absolute Gasteiger partial charge is 0.122 e. The molecule has 2 heteroatoms. The lowest BCUT2D eigenvalue weighted by Crippen LogP contribution is -2.32. The van der Waals surface area contributed by atoms with Gasteiger partial charge in [0.25, 0.3) is 0 Å². The molecule has 1 aromatic carbocycles. The van der Waals surface area contributed by atoms with E-state index >= 15 is 0 Å². The van der Waals surface area contributed by atoms with Gasteiger partial charge in [-0.05, 0) is 43.5 Å². The van der Waals surface area contributed by atoms with Gasteiger partial charge in [-0.25, -0.2) is 0 Å². The molecule has 1 aromatic rings. The summed E-state index contributed by atoms with van der Waals surface area (Å²) in [5, 5.41) is 0. The highest BCUT2D eigenvalue weighted by Gasteiger charge is 2.19. The molecular formula is C13H18O2. The molecule has 0 radical (unpaired) electrons. The minimum absolute atomic E-state index is 0.589. The van der Waals surface area contributed by atoms with Crippen molar-refractivity contribution in [2.75, 3.05) is 19.8 Å². The molecule has 0 N–H and O–H groups in total. The van der Waals surface area contributed by atoms with E-state index < -0.39 is 0 Å². The van der Waals surface area contributed by atoms with Crippen molar-refractivity contribution < 1.29 is 9.47 Å². The first-order valence-corrected chi connectivity index (χ1v) is 5.45. The lowest BCUT2D eigenvalue weighted by atomic mass is 10.1. The predicted octanol–water partition coefficient (Wildman–Crippen LogP) is 2.64. The second kappa shape index (κ2) is 4.23. The first kappa shape index (κ1) is 10.5. The Balaban J connectivity index is 2.03. The van der Waals surface area contributed by atoms with E-state index in [1.807, 2.05) is 0 Å². The highest BCUT2D eigenvalue weighted by atomic mass is 16.5. The fourth-order valence-corrected chi connectivity index (χ4v) is 1.68. The van der Waals surface area contributed by atoms with Gasteiger partial charge in [-0.1, -0.05) is 6.07 Å². The van der Waals surface area contributed by atoms with E-state index in [2.05, 4.69) is 32.9 Å².